The van der Waals surface area contributed by atoms with Crippen molar-refractivity contribution >= 4 is 11.9 Å². The maximum atomic E-state index is 12.6. The summed E-state index contributed by atoms with van der Waals surface area (Å²) < 4.78 is 23.0. The van der Waals surface area contributed by atoms with Gasteiger partial charge in [-0.2, -0.15) is 0 Å². The van der Waals surface area contributed by atoms with Crippen LogP contribution < -0.4 is 0 Å². The summed E-state index contributed by atoms with van der Waals surface area (Å²) in [7, 11) is 0. The van der Waals surface area contributed by atoms with E-state index in [-0.39, 0.29) is 12.5 Å². The Kier molecular flexibility index (Phi) is 2.39. The van der Waals surface area contributed by atoms with E-state index in [1.165, 1.54) is 6.92 Å². The molecule has 0 spiro atoms. The predicted octanol–water partition coefficient (Wildman–Crippen LogP) is -0.0470. The van der Waals surface area contributed by atoms with Crippen molar-refractivity contribution in [3.8, 4) is 0 Å². The van der Waals surface area contributed by atoms with Gasteiger partial charge in [-0.05, 0) is 13.8 Å². The fraction of sp³-hybridized carbons (Fsp3) is 0.765. The average Bonchev–Trinajstić information content (AvgIpc) is 3.11. The number of hydrogen-bond acceptors (Lipinski definition) is 7. The Labute approximate surface area is 138 Å². The smallest absolute Gasteiger partial charge is 0.313 e. The van der Waals surface area contributed by atoms with Crippen LogP contribution in [0.25, 0.3) is 0 Å². The summed E-state index contributed by atoms with van der Waals surface area (Å²) in [6.07, 6.45) is -2.12. The van der Waals surface area contributed by atoms with Gasteiger partial charge in [-0.1, -0.05) is 12.2 Å². The van der Waals surface area contributed by atoms with Gasteiger partial charge in [0.15, 0.2) is 5.60 Å². The molecule has 24 heavy (non-hydrogen) atoms. The van der Waals surface area contributed by atoms with Gasteiger partial charge in [-0.3, -0.25) is 9.59 Å². The number of aliphatic hydroxyl groups is 1. The number of carbonyl (C=O) groups excluding carboxylic acids is 2. The van der Waals surface area contributed by atoms with Gasteiger partial charge in [0.2, 0.25) is 0 Å². The van der Waals surface area contributed by atoms with E-state index in [4.69, 9.17) is 18.9 Å². The summed E-state index contributed by atoms with van der Waals surface area (Å²) >= 11 is 0. The Morgan fingerprint density at radius 2 is 2.04 bits per heavy atom. The third-order valence-corrected chi connectivity index (χ3v) is 7.03. The molecule has 5 rings (SSSR count). The highest BCUT2D eigenvalue weighted by Gasteiger charge is 2.94. The van der Waals surface area contributed by atoms with Crippen LogP contribution in [0.15, 0.2) is 12.2 Å². The van der Waals surface area contributed by atoms with E-state index >= 15 is 0 Å². The zero-order chi connectivity index (χ0) is 17.2. The van der Waals surface area contributed by atoms with Crippen molar-refractivity contribution in [3.63, 3.8) is 0 Å². The lowest BCUT2D eigenvalue weighted by Crippen LogP contribution is -2.70. The Bertz CT molecular complexity index is 703. The van der Waals surface area contributed by atoms with Crippen LogP contribution in [0.2, 0.25) is 0 Å². The van der Waals surface area contributed by atoms with Gasteiger partial charge >= 0.3 is 11.9 Å². The fourth-order valence-corrected chi connectivity index (χ4v) is 6.07. The number of epoxide rings is 1. The molecule has 9 atom stereocenters. The maximum absolute atomic E-state index is 12.6. The summed E-state index contributed by atoms with van der Waals surface area (Å²) in [4.78, 5) is 24.3. The molecule has 0 aromatic rings. The van der Waals surface area contributed by atoms with Gasteiger partial charge in [0.25, 0.3) is 0 Å². The molecule has 2 saturated carbocycles. The molecule has 7 nitrogen and oxygen atoms in total. The van der Waals surface area contributed by atoms with E-state index in [1.807, 2.05) is 13.8 Å². The van der Waals surface area contributed by atoms with E-state index in [2.05, 4.69) is 6.58 Å². The summed E-state index contributed by atoms with van der Waals surface area (Å²) in [5.74, 6) is -2.03. The highest BCUT2D eigenvalue weighted by molar-refractivity contribution is 5.80. The van der Waals surface area contributed by atoms with Gasteiger partial charge in [0, 0.05) is 12.8 Å². The normalized spacial score (nSPS) is 58.8. The molecule has 3 aliphatic heterocycles. The second-order valence-corrected chi connectivity index (χ2v) is 7.97. The second kappa shape index (κ2) is 3.86. The van der Waals surface area contributed by atoms with Crippen LogP contribution in [-0.4, -0.2) is 59.3 Å². The zero-order valence-corrected chi connectivity index (χ0v) is 13.8. The van der Waals surface area contributed by atoms with E-state index in [9.17, 15) is 14.7 Å². The SMILES string of the molecule is C=C(C)[C@@H]1[C@@H]2OC(=O)[C@@H]1[C@]1(O)[C@H]3O[C@H]3[C@]3(OC(C)=O)CO[C@H]2[C@]13C. The van der Waals surface area contributed by atoms with Crippen molar-refractivity contribution in [1.82, 2.24) is 0 Å². The minimum Gasteiger partial charge on any atom is -0.459 e. The summed E-state index contributed by atoms with van der Waals surface area (Å²) in [6, 6.07) is 0. The monoisotopic (exact) mass is 336 g/mol. The van der Waals surface area contributed by atoms with Gasteiger partial charge in [0.05, 0.1) is 17.9 Å². The first kappa shape index (κ1) is 14.9. The van der Waals surface area contributed by atoms with Crippen molar-refractivity contribution in [1.29, 1.82) is 0 Å². The minimum absolute atomic E-state index is 0.126. The lowest BCUT2D eigenvalue weighted by molar-refractivity contribution is -0.235. The molecule has 1 N–H and O–H groups in total. The van der Waals surface area contributed by atoms with Gasteiger partial charge in [-0.25, -0.2) is 0 Å². The fourth-order valence-electron chi connectivity index (χ4n) is 6.07. The average molecular weight is 336 g/mol. The molecule has 3 heterocycles. The van der Waals surface area contributed by atoms with Gasteiger partial charge < -0.3 is 24.1 Å². The van der Waals surface area contributed by atoms with Crippen molar-refractivity contribution in [2.45, 2.75) is 56.4 Å². The first-order chi connectivity index (χ1) is 11.2. The van der Waals surface area contributed by atoms with Crippen molar-refractivity contribution in [3.05, 3.63) is 12.2 Å². The first-order valence-corrected chi connectivity index (χ1v) is 8.25. The molecule has 130 valence electrons. The molecular formula is C17H20O7. The Hall–Kier alpha value is -1.44. The molecule has 0 radical (unpaired) electrons. The molecule has 0 unspecified atom stereocenters. The zero-order valence-electron chi connectivity index (χ0n) is 13.8. The van der Waals surface area contributed by atoms with E-state index in [1.54, 1.807) is 0 Å². The highest BCUT2D eigenvalue weighted by atomic mass is 16.7. The number of hydrogen-bond donors (Lipinski definition) is 1. The molecule has 7 heteroatoms. The number of rotatable bonds is 2. The van der Waals surface area contributed by atoms with Crippen molar-refractivity contribution in [2.24, 2.45) is 17.3 Å². The maximum Gasteiger partial charge on any atom is 0.313 e. The summed E-state index contributed by atoms with van der Waals surface area (Å²) in [5, 5.41) is 11.8. The highest BCUT2D eigenvalue weighted by Crippen LogP contribution is 2.75. The van der Waals surface area contributed by atoms with Gasteiger partial charge in [0.1, 0.15) is 30.0 Å². The topological polar surface area (TPSA) is 94.6 Å². The summed E-state index contributed by atoms with van der Waals surface area (Å²) in [5.41, 5.74) is -2.80. The number of ether oxygens (including phenoxy) is 4. The minimum atomic E-state index is -1.51. The Balaban J connectivity index is 1.74. The molecule has 5 aliphatic rings. The van der Waals surface area contributed by atoms with Crippen LogP contribution in [0.4, 0.5) is 0 Å². The van der Waals surface area contributed by atoms with E-state index in [0.717, 1.165) is 5.57 Å². The molecule has 0 amide bonds. The standard InChI is InChI=1S/C17H20O7/c1-6(2)8-9-14(19)22-10(8)11-15(4)16(5-21-11,24-7(3)18)12-13(23-12)17(9,15)20/h8-13,20H,1,5H2,2-4H3/t8-,9+,10-,11+,12+,13-,15-,16+,17-/m0/s1. The van der Waals surface area contributed by atoms with Crippen molar-refractivity contribution < 1.29 is 33.6 Å². The molecular weight excluding hydrogens is 316 g/mol. The van der Waals surface area contributed by atoms with Crippen LogP contribution in [0.1, 0.15) is 20.8 Å². The molecule has 0 aromatic heterocycles. The third-order valence-electron chi connectivity index (χ3n) is 7.03. The molecule has 5 fully saturated rings. The third kappa shape index (κ3) is 1.18. The first-order valence-electron chi connectivity index (χ1n) is 8.25. The summed E-state index contributed by atoms with van der Waals surface area (Å²) in [6.45, 7) is 9.10. The number of esters is 2. The second-order valence-electron chi connectivity index (χ2n) is 7.97. The van der Waals surface area contributed by atoms with E-state index < -0.39 is 58.9 Å². The van der Waals surface area contributed by atoms with Crippen molar-refractivity contribution in [2.75, 3.05) is 6.61 Å². The Morgan fingerprint density at radius 3 is 2.67 bits per heavy atom. The number of fused-ring (bicyclic) bond motifs is 7. The lowest BCUT2D eigenvalue weighted by Gasteiger charge is -2.54. The van der Waals surface area contributed by atoms with Crippen LogP contribution in [0.3, 0.4) is 0 Å². The Morgan fingerprint density at radius 1 is 1.33 bits per heavy atom. The van der Waals surface area contributed by atoms with Crippen LogP contribution in [0, 0.1) is 17.3 Å². The molecule has 2 bridgehead atoms. The number of carbonyl (C=O) groups is 2. The molecule has 0 aromatic carbocycles. The lowest BCUT2D eigenvalue weighted by atomic mass is 9.52. The largest absolute Gasteiger partial charge is 0.459 e. The van der Waals surface area contributed by atoms with Crippen LogP contribution >= 0.6 is 0 Å². The molecule has 2 aliphatic carbocycles. The molecule has 3 saturated heterocycles. The van der Waals surface area contributed by atoms with E-state index in [0.29, 0.717) is 0 Å². The predicted molar refractivity (Wildman–Crippen MR) is 77.6 cm³/mol. The van der Waals surface area contributed by atoms with Crippen LogP contribution in [-0.2, 0) is 28.5 Å². The van der Waals surface area contributed by atoms with Gasteiger partial charge in [-0.15, -0.1) is 0 Å². The van der Waals surface area contributed by atoms with Crippen LogP contribution in [0.5, 0.6) is 0 Å². The quantitative estimate of drug-likeness (QED) is 0.429.